The van der Waals surface area contributed by atoms with Gasteiger partial charge < -0.3 is 15.3 Å². The maximum atomic E-state index is 13.2. The molecule has 0 aliphatic carbocycles. The summed E-state index contributed by atoms with van der Waals surface area (Å²) in [5, 5.41) is 12.8. The van der Waals surface area contributed by atoms with Crippen molar-refractivity contribution in [2.45, 2.75) is 46.1 Å². The summed E-state index contributed by atoms with van der Waals surface area (Å²) in [4.78, 5) is 32.0. The van der Waals surface area contributed by atoms with Crippen LogP contribution >= 0.6 is 0 Å². The van der Waals surface area contributed by atoms with Crippen LogP contribution in [0.15, 0.2) is 41.3 Å². The van der Waals surface area contributed by atoms with Gasteiger partial charge in [-0.25, -0.2) is 9.78 Å². The molecule has 7 heteroatoms. The molecule has 1 aliphatic heterocycles. The second-order valence-electron chi connectivity index (χ2n) is 8.30. The number of carbonyl (C=O) groups is 1. The minimum absolute atomic E-state index is 0.0614. The average molecular weight is 421 g/mol. The second-order valence-corrected chi connectivity index (χ2v) is 8.30. The Balaban J connectivity index is 1.83. The van der Waals surface area contributed by atoms with Gasteiger partial charge >= 0.3 is 5.97 Å². The summed E-state index contributed by atoms with van der Waals surface area (Å²) in [7, 11) is 0. The maximum absolute atomic E-state index is 13.2. The predicted molar refractivity (Wildman–Crippen MR) is 122 cm³/mol. The Hall–Kier alpha value is -3.35. The molecule has 1 fully saturated rings. The van der Waals surface area contributed by atoms with E-state index in [0.29, 0.717) is 16.9 Å². The van der Waals surface area contributed by atoms with Gasteiger partial charge in [0.25, 0.3) is 5.56 Å². The molecule has 0 saturated carbocycles. The van der Waals surface area contributed by atoms with Gasteiger partial charge in [-0.2, -0.15) is 0 Å². The van der Waals surface area contributed by atoms with Gasteiger partial charge in [-0.1, -0.05) is 12.1 Å². The third-order valence-electron chi connectivity index (χ3n) is 5.94. The van der Waals surface area contributed by atoms with Crippen molar-refractivity contribution in [2.75, 3.05) is 23.3 Å². The summed E-state index contributed by atoms with van der Waals surface area (Å²) in [6, 6.07) is 8.59. The van der Waals surface area contributed by atoms with Crippen LogP contribution in [0.3, 0.4) is 0 Å². The molecule has 1 aromatic carbocycles. The van der Waals surface area contributed by atoms with E-state index in [-0.39, 0.29) is 17.2 Å². The van der Waals surface area contributed by atoms with Crippen LogP contribution in [0.25, 0.3) is 5.65 Å². The number of pyridine rings is 1. The summed E-state index contributed by atoms with van der Waals surface area (Å²) in [5.41, 5.74) is 3.75. The van der Waals surface area contributed by atoms with E-state index in [2.05, 4.69) is 10.2 Å². The molecular weight excluding hydrogens is 392 g/mol. The van der Waals surface area contributed by atoms with E-state index >= 15 is 0 Å². The molecule has 4 rings (SSSR count). The molecule has 1 atom stereocenters. The summed E-state index contributed by atoms with van der Waals surface area (Å²) in [5.74, 6) is -0.227. The summed E-state index contributed by atoms with van der Waals surface area (Å²) in [6.45, 7) is 7.56. The van der Waals surface area contributed by atoms with E-state index < -0.39 is 5.97 Å². The Morgan fingerprint density at radius 3 is 2.58 bits per heavy atom. The third kappa shape index (κ3) is 4.00. The van der Waals surface area contributed by atoms with Crippen molar-refractivity contribution in [3.8, 4) is 0 Å². The largest absolute Gasteiger partial charge is 0.478 e. The Morgan fingerprint density at radius 2 is 1.87 bits per heavy atom. The number of carboxylic acids is 1. The van der Waals surface area contributed by atoms with Crippen LogP contribution in [0, 0.1) is 13.8 Å². The highest BCUT2D eigenvalue weighted by Gasteiger charge is 2.21. The quantitative estimate of drug-likeness (QED) is 0.644. The first kappa shape index (κ1) is 20.9. The number of benzene rings is 1. The molecule has 31 heavy (non-hydrogen) atoms. The highest BCUT2D eigenvalue weighted by Crippen LogP contribution is 2.27. The fraction of sp³-hybridized carbons (Fsp3) is 0.375. The van der Waals surface area contributed by atoms with Gasteiger partial charge in [0.15, 0.2) is 0 Å². The molecule has 0 radical (unpaired) electrons. The zero-order chi connectivity index (χ0) is 22.1. The summed E-state index contributed by atoms with van der Waals surface area (Å²) in [6.07, 6.45) is 5.23. The molecule has 3 heterocycles. The van der Waals surface area contributed by atoms with Gasteiger partial charge in [0, 0.05) is 30.5 Å². The van der Waals surface area contributed by atoms with E-state index in [9.17, 15) is 14.7 Å². The zero-order valence-electron chi connectivity index (χ0n) is 18.2. The van der Waals surface area contributed by atoms with Crippen molar-refractivity contribution >= 4 is 23.1 Å². The van der Waals surface area contributed by atoms with Gasteiger partial charge in [0.2, 0.25) is 0 Å². The first-order valence-corrected chi connectivity index (χ1v) is 10.7. The van der Waals surface area contributed by atoms with E-state index in [1.165, 1.54) is 6.42 Å². The molecule has 0 spiro atoms. The maximum Gasteiger partial charge on any atom is 0.337 e. The molecule has 7 nitrogen and oxygen atoms in total. The Kier molecular flexibility index (Phi) is 5.67. The molecule has 2 aromatic heterocycles. The molecule has 2 N–H and O–H groups in total. The van der Waals surface area contributed by atoms with Crippen LogP contribution in [-0.2, 0) is 0 Å². The number of fused-ring (bicyclic) bond motifs is 1. The molecular formula is C24H28N4O3. The Labute approximate surface area is 181 Å². The average Bonchev–Trinajstić information content (AvgIpc) is 2.77. The fourth-order valence-corrected chi connectivity index (χ4v) is 4.32. The fourth-order valence-electron chi connectivity index (χ4n) is 4.32. The third-order valence-corrected chi connectivity index (χ3v) is 5.94. The number of para-hydroxylation sites is 1. The standard InChI is InChI=1S/C24H28N4O3/c1-15-13-19(17(3)25-20-10-6-5-9-18(20)24(30)31)22-26-21(27-11-7-4-8-12-27)16(2)23(29)28(22)14-15/h5-6,9-10,13-14,17,25H,4,7-8,11-12H2,1-3H3,(H,30,31)/t17-/m1/s1. The first-order valence-electron chi connectivity index (χ1n) is 10.7. The summed E-state index contributed by atoms with van der Waals surface area (Å²) >= 11 is 0. The predicted octanol–water partition coefficient (Wildman–Crippen LogP) is 4.17. The smallest absolute Gasteiger partial charge is 0.337 e. The van der Waals surface area contributed by atoms with Gasteiger partial charge in [-0.3, -0.25) is 9.20 Å². The Morgan fingerprint density at radius 1 is 1.16 bits per heavy atom. The summed E-state index contributed by atoms with van der Waals surface area (Å²) < 4.78 is 1.62. The number of nitrogens with zero attached hydrogens (tertiary/aromatic N) is 3. The molecule has 0 bridgehead atoms. The lowest BCUT2D eigenvalue weighted by Gasteiger charge is -2.29. The lowest BCUT2D eigenvalue weighted by Crippen LogP contribution is -2.34. The number of hydrogen-bond donors (Lipinski definition) is 2. The highest BCUT2D eigenvalue weighted by atomic mass is 16.4. The molecule has 1 saturated heterocycles. The number of anilines is 2. The number of hydrogen-bond acceptors (Lipinski definition) is 5. The first-order chi connectivity index (χ1) is 14.9. The molecule has 3 aromatic rings. The van der Waals surface area contributed by atoms with Crippen LogP contribution in [0.4, 0.5) is 11.5 Å². The normalized spacial score (nSPS) is 15.1. The van der Waals surface area contributed by atoms with Gasteiger partial charge in [0.05, 0.1) is 17.2 Å². The van der Waals surface area contributed by atoms with Gasteiger partial charge in [0.1, 0.15) is 11.5 Å². The molecule has 162 valence electrons. The van der Waals surface area contributed by atoms with Crippen LogP contribution in [0.2, 0.25) is 0 Å². The van der Waals surface area contributed by atoms with Crippen LogP contribution < -0.4 is 15.8 Å². The zero-order valence-corrected chi connectivity index (χ0v) is 18.2. The number of aromatic nitrogens is 2. The minimum atomic E-state index is -0.984. The van der Waals surface area contributed by atoms with Gasteiger partial charge in [-0.15, -0.1) is 0 Å². The number of aromatic carboxylic acids is 1. The van der Waals surface area contributed by atoms with E-state index in [4.69, 9.17) is 4.98 Å². The minimum Gasteiger partial charge on any atom is -0.478 e. The molecule has 0 unspecified atom stereocenters. The number of piperidine rings is 1. The van der Waals surface area contributed by atoms with E-state index in [0.717, 1.165) is 42.9 Å². The van der Waals surface area contributed by atoms with Crippen LogP contribution in [0.5, 0.6) is 0 Å². The van der Waals surface area contributed by atoms with E-state index in [1.54, 1.807) is 28.7 Å². The van der Waals surface area contributed by atoms with Crippen LogP contribution in [0.1, 0.15) is 59.3 Å². The van der Waals surface area contributed by atoms with Crippen molar-refractivity contribution in [1.82, 2.24) is 9.38 Å². The van der Waals surface area contributed by atoms with Crippen molar-refractivity contribution in [3.63, 3.8) is 0 Å². The molecule has 1 aliphatic rings. The number of aryl methyl sites for hydroxylation is 1. The van der Waals surface area contributed by atoms with Crippen LogP contribution in [-0.4, -0.2) is 33.6 Å². The number of rotatable bonds is 5. The van der Waals surface area contributed by atoms with Crippen molar-refractivity contribution in [3.05, 3.63) is 69.1 Å². The highest BCUT2D eigenvalue weighted by molar-refractivity contribution is 5.94. The molecule has 0 amide bonds. The Bertz CT molecular complexity index is 1200. The number of carboxylic acid groups (broad SMARTS) is 1. The topological polar surface area (TPSA) is 86.9 Å². The SMILES string of the molecule is Cc1cc([C@@H](C)Nc2ccccc2C(=O)O)c2nc(N3CCCCC3)c(C)c(=O)n2c1. The number of nitrogens with one attached hydrogen (secondary N) is 1. The van der Waals surface area contributed by atoms with Crippen molar-refractivity contribution in [2.24, 2.45) is 0 Å². The van der Waals surface area contributed by atoms with Crippen molar-refractivity contribution in [1.29, 1.82) is 0 Å². The van der Waals surface area contributed by atoms with E-state index in [1.807, 2.05) is 33.0 Å². The van der Waals surface area contributed by atoms with Gasteiger partial charge in [-0.05, 0) is 63.8 Å². The lowest BCUT2D eigenvalue weighted by molar-refractivity contribution is 0.0698. The second kappa shape index (κ2) is 8.41. The monoisotopic (exact) mass is 420 g/mol. The lowest BCUT2D eigenvalue weighted by atomic mass is 10.1. The van der Waals surface area contributed by atoms with Crippen molar-refractivity contribution < 1.29 is 9.90 Å².